The maximum Gasteiger partial charge on any atom is 0.0900 e. The molecule has 6 heteroatoms. The summed E-state index contributed by atoms with van der Waals surface area (Å²) in [6.45, 7) is 4.06. The third-order valence-corrected chi connectivity index (χ3v) is 4.12. The van der Waals surface area contributed by atoms with Crippen molar-refractivity contribution in [3.63, 3.8) is 0 Å². The molecule has 0 amide bonds. The Labute approximate surface area is 111 Å². The van der Waals surface area contributed by atoms with Crippen LogP contribution >= 0.6 is 11.3 Å². The van der Waals surface area contributed by atoms with E-state index in [9.17, 15) is 0 Å². The Bertz CT molecular complexity index is 516. The molecule has 2 aromatic heterocycles. The first-order valence-corrected chi connectivity index (χ1v) is 6.79. The summed E-state index contributed by atoms with van der Waals surface area (Å²) in [5.74, 6) is 5.66. The maximum atomic E-state index is 5.66. The molecule has 0 fully saturated rings. The molecule has 0 spiro atoms. The highest BCUT2D eigenvalue weighted by atomic mass is 32.1. The van der Waals surface area contributed by atoms with Crippen LogP contribution in [0.4, 0.5) is 0 Å². The van der Waals surface area contributed by atoms with Crippen molar-refractivity contribution in [2.24, 2.45) is 12.9 Å². The van der Waals surface area contributed by atoms with Gasteiger partial charge >= 0.3 is 0 Å². The van der Waals surface area contributed by atoms with Gasteiger partial charge in [0, 0.05) is 18.1 Å². The lowest BCUT2D eigenvalue weighted by atomic mass is 10.1. The Morgan fingerprint density at radius 2 is 2.28 bits per heavy atom. The molecule has 5 nitrogen and oxygen atoms in total. The van der Waals surface area contributed by atoms with E-state index in [1.165, 1.54) is 10.4 Å². The predicted molar refractivity (Wildman–Crippen MR) is 73.2 cm³/mol. The average Bonchev–Trinajstić information content (AvgIpc) is 2.87. The summed E-state index contributed by atoms with van der Waals surface area (Å²) in [5.41, 5.74) is 5.20. The SMILES string of the molecule is Cc1nc(C)c(C(CCc2cnn(C)c2)NN)s1. The summed E-state index contributed by atoms with van der Waals surface area (Å²) in [4.78, 5) is 5.68. The Balaban J connectivity index is 2.03. The molecule has 1 unspecified atom stereocenters. The molecule has 0 bridgehead atoms. The van der Waals surface area contributed by atoms with Crippen molar-refractivity contribution < 1.29 is 0 Å². The van der Waals surface area contributed by atoms with Gasteiger partial charge in [-0.1, -0.05) is 0 Å². The van der Waals surface area contributed by atoms with Crippen molar-refractivity contribution in [2.45, 2.75) is 32.7 Å². The number of hydrazine groups is 1. The Morgan fingerprint density at radius 1 is 1.50 bits per heavy atom. The van der Waals surface area contributed by atoms with Gasteiger partial charge in [-0.15, -0.1) is 11.3 Å². The van der Waals surface area contributed by atoms with Gasteiger partial charge in [-0.25, -0.2) is 4.98 Å². The fraction of sp³-hybridized carbons (Fsp3) is 0.500. The van der Waals surface area contributed by atoms with Crippen molar-refractivity contribution in [3.8, 4) is 0 Å². The van der Waals surface area contributed by atoms with Gasteiger partial charge in [0.25, 0.3) is 0 Å². The number of aryl methyl sites for hydroxylation is 4. The third kappa shape index (κ3) is 2.95. The van der Waals surface area contributed by atoms with Gasteiger partial charge in [-0.3, -0.25) is 16.0 Å². The third-order valence-electron chi connectivity index (χ3n) is 2.94. The molecule has 0 aliphatic carbocycles. The quantitative estimate of drug-likeness (QED) is 0.637. The second kappa shape index (κ2) is 5.60. The molecule has 0 aliphatic rings. The molecule has 98 valence electrons. The first-order valence-electron chi connectivity index (χ1n) is 5.97. The highest BCUT2D eigenvalue weighted by Gasteiger charge is 2.16. The molecule has 0 aliphatic heterocycles. The van der Waals surface area contributed by atoms with Crippen LogP contribution in [0.2, 0.25) is 0 Å². The minimum absolute atomic E-state index is 0.163. The van der Waals surface area contributed by atoms with E-state index in [0.29, 0.717) is 0 Å². The van der Waals surface area contributed by atoms with Crippen molar-refractivity contribution in [2.75, 3.05) is 0 Å². The standard InChI is InChI=1S/C12H19N5S/c1-8-12(18-9(2)15-8)11(16-13)5-4-10-6-14-17(3)7-10/h6-7,11,16H,4-5,13H2,1-3H3. The average molecular weight is 265 g/mol. The molecule has 2 aromatic rings. The largest absolute Gasteiger partial charge is 0.276 e. The van der Waals surface area contributed by atoms with Crippen LogP contribution in [0.25, 0.3) is 0 Å². The molecule has 2 heterocycles. The van der Waals surface area contributed by atoms with Gasteiger partial charge in [0.15, 0.2) is 0 Å². The Kier molecular flexibility index (Phi) is 4.11. The predicted octanol–water partition coefficient (Wildman–Crippen LogP) is 1.63. The molecule has 2 rings (SSSR count). The molecule has 0 aromatic carbocycles. The smallest absolute Gasteiger partial charge is 0.0900 e. The van der Waals surface area contributed by atoms with E-state index in [1.54, 1.807) is 11.3 Å². The zero-order chi connectivity index (χ0) is 13.1. The first-order chi connectivity index (χ1) is 8.60. The summed E-state index contributed by atoms with van der Waals surface area (Å²) >= 11 is 1.71. The van der Waals surface area contributed by atoms with Gasteiger partial charge in [0.05, 0.1) is 22.9 Å². The zero-order valence-corrected chi connectivity index (χ0v) is 11.8. The fourth-order valence-electron chi connectivity index (χ4n) is 2.07. The molecule has 0 saturated heterocycles. The van der Waals surface area contributed by atoms with Gasteiger partial charge < -0.3 is 0 Å². The van der Waals surface area contributed by atoms with E-state index in [2.05, 4.69) is 15.5 Å². The molecule has 3 N–H and O–H groups in total. The minimum atomic E-state index is 0.163. The fourth-order valence-corrected chi connectivity index (χ4v) is 3.09. The zero-order valence-electron chi connectivity index (χ0n) is 11.0. The van der Waals surface area contributed by atoms with Crippen LogP contribution in [0.5, 0.6) is 0 Å². The number of nitrogens with two attached hydrogens (primary N) is 1. The summed E-state index contributed by atoms with van der Waals surface area (Å²) in [5, 5.41) is 5.26. The number of rotatable bonds is 5. The van der Waals surface area contributed by atoms with Gasteiger partial charge in [0.2, 0.25) is 0 Å². The number of nitrogens with zero attached hydrogens (tertiary/aromatic N) is 3. The minimum Gasteiger partial charge on any atom is -0.276 e. The van der Waals surface area contributed by atoms with Crippen LogP contribution in [-0.4, -0.2) is 14.8 Å². The van der Waals surface area contributed by atoms with E-state index in [1.807, 2.05) is 38.0 Å². The van der Waals surface area contributed by atoms with Gasteiger partial charge in [-0.05, 0) is 32.3 Å². The van der Waals surface area contributed by atoms with Crippen LogP contribution in [0, 0.1) is 13.8 Å². The summed E-state index contributed by atoms with van der Waals surface area (Å²) in [6, 6.07) is 0.163. The lowest BCUT2D eigenvalue weighted by Gasteiger charge is -2.14. The second-order valence-electron chi connectivity index (χ2n) is 4.46. The normalized spacial score (nSPS) is 12.9. The summed E-state index contributed by atoms with van der Waals surface area (Å²) in [6.07, 6.45) is 5.85. The summed E-state index contributed by atoms with van der Waals surface area (Å²) < 4.78 is 1.82. The lowest BCUT2D eigenvalue weighted by Crippen LogP contribution is -2.28. The van der Waals surface area contributed by atoms with E-state index in [-0.39, 0.29) is 6.04 Å². The van der Waals surface area contributed by atoms with Crippen molar-refractivity contribution in [1.29, 1.82) is 0 Å². The Morgan fingerprint density at radius 3 is 2.78 bits per heavy atom. The molecular formula is C12H19N5S. The topological polar surface area (TPSA) is 68.8 Å². The van der Waals surface area contributed by atoms with Gasteiger partial charge in [0.1, 0.15) is 0 Å². The van der Waals surface area contributed by atoms with E-state index in [4.69, 9.17) is 5.84 Å². The summed E-state index contributed by atoms with van der Waals surface area (Å²) in [7, 11) is 1.93. The molecule has 0 radical (unpaired) electrons. The Hall–Kier alpha value is -1.24. The van der Waals surface area contributed by atoms with Crippen LogP contribution < -0.4 is 11.3 Å². The number of hydrogen-bond acceptors (Lipinski definition) is 5. The van der Waals surface area contributed by atoms with Crippen molar-refractivity contribution in [3.05, 3.63) is 33.5 Å². The van der Waals surface area contributed by atoms with Crippen LogP contribution in [0.3, 0.4) is 0 Å². The van der Waals surface area contributed by atoms with Crippen LogP contribution in [0.1, 0.15) is 33.6 Å². The van der Waals surface area contributed by atoms with Crippen molar-refractivity contribution >= 4 is 11.3 Å². The monoisotopic (exact) mass is 265 g/mol. The maximum absolute atomic E-state index is 5.66. The highest BCUT2D eigenvalue weighted by Crippen LogP contribution is 2.27. The molecule has 1 atom stereocenters. The first kappa shape index (κ1) is 13.2. The lowest BCUT2D eigenvalue weighted by molar-refractivity contribution is 0.521. The number of thiazole rings is 1. The molecule has 0 saturated carbocycles. The highest BCUT2D eigenvalue weighted by molar-refractivity contribution is 7.11. The van der Waals surface area contributed by atoms with E-state index >= 15 is 0 Å². The van der Waals surface area contributed by atoms with Gasteiger partial charge in [-0.2, -0.15) is 5.10 Å². The molecule has 18 heavy (non-hydrogen) atoms. The number of nitrogens with one attached hydrogen (secondary N) is 1. The van der Waals surface area contributed by atoms with Crippen molar-refractivity contribution in [1.82, 2.24) is 20.2 Å². The van der Waals surface area contributed by atoms with E-state index in [0.717, 1.165) is 23.5 Å². The number of hydrogen-bond donors (Lipinski definition) is 2. The van der Waals surface area contributed by atoms with Crippen LogP contribution in [-0.2, 0) is 13.5 Å². The molecular weight excluding hydrogens is 246 g/mol. The van der Waals surface area contributed by atoms with E-state index < -0.39 is 0 Å². The number of aromatic nitrogens is 3. The second-order valence-corrected chi connectivity index (χ2v) is 5.70. The van der Waals surface area contributed by atoms with Crippen LogP contribution in [0.15, 0.2) is 12.4 Å².